The molecule has 46 heavy (non-hydrogen) atoms. The third-order valence-corrected chi connectivity index (χ3v) is 8.80. The van der Waals surface area contributed by atoms with Crippen LogP contribution in [0.25, 0.3) is 88.8 Å². The Hall–Kier alpha value is -5.88. The second kappa shape index (κ2) is 9.81. The minimum absolute atomic E-state index is 0.0409. The molecular weight excluding hydrogens is 568 g/mol. The van der Waals surface area contributed by atoms with Gasteiger partial charge in [-0.25, -0.2) is 15.0 Å². The Morgan fingerprint density at radius 2 is 1.22 bits per heavy atom. The van der Waals surface area contributed by atoms with Crippen LogP contribution in [0.2, 0.25) is 0 Å². The fourth-order valence-electron chi connectivity index (χ4n) is 6.43. The van der Waals surface area contributed by atoms with E-state index >= 15 is 0 Å². The van der Waals surface area contributed by atoms with Gasteiger partial charge < -0.3 is 8.83 Å². The SMILES string of the molecule is CC(C)(C)c1ccc(-c2nc(-c3ccc4c(ccc5oc6cnccc6c54)c3)nc(-c3cccc4oc5ccccc5c34)n2)cc1. The first kappa shape index (κ1) is 26.5. The average Bonchev–Trinajstić information content (AvgIpc) is 3.66. The summed E-state index contributed by atoms with van der Waals surface area (Å²) in [5.74, 6) is 1.82. The molecule has 0 aliphatic carbocycles. The van der Waals surface area contributed by atoms with E-state index < -0.39 is 0 Å². The molecular formula is C40H28N4O2. The van der Waals surface area contributed by atoms with Crippen LogP contribution in [0.5, 0.6) is 0 Å². The van der Waals surface area contributed by atoms with Gasteiger partial charge in [0.2, 0.25) is 0 Å². The molecule has 4 aromatic heterocycles. The van der Waals surface area contributed by atoms with E-state index in [4.69, 9.17) is 23.8 Å². The molecule has 0 bridgehead atoms. The largest absolute Gasteiger partial charge is 0.456 e. The van der Waals surface area contributed by atoms with E-state index in [1.165, 1.54) is 5.56 Å². The average molecular weight is 597 g/mol. The molecule has 0 radical (unpaired) electrons. The van der Waals surface area contributed by atoms with Gasteiger partial charge in [-0.3, -0.25) is 4.98 Å². The van der Waals surface area contributed by atoms with Crippen molar-refractivity contribution in [3.8, 4) is 34.2 Å². The van der Waals surface area contributed by atoms with Crippen LogP contribution in [0.1, 0.15) is 26.3 Å². The molecule has 9 aromatic rings. The number of hydrogen-bond donors (Lipinski definition) is 0. The molecule has 6 nitrogen and oxygen atoms in total. The van der Waals surface area contributed by atoms with E-state index in [2.05, 4.69) is 86.4 Å². The van der Waals surface area contributed by atoms with Crippen molar-refractivity contribution in [1.82, 2.24) is 19.9 Å². The van der Waals surface area contributed by atoms with Crippen molar-refractivity contribution >= 4 is 54.6 Å². The molecule has 0 aliphatic rings. The van der Waals surface area contributed by atoms with Gasteiger partial charge in [-0.05, 0) is 52.1 Å². The third-order valence-electron chi connectivity index (χ3n) is 8.80. The van der Waals surface area contributed by atoms with E-state index in [1.54, 1.807) is 12.4 Å². The minimum Gasteiger partial charge on any atom is -0.456 e. The number of fused-ring (bicyclic) bond motifs is 8. The van der Waals surface area contributed by atoms with Gasteiger partial charge in [0.15, 0.2) is 23.1 Å². The maximum Gasteiger partial charge on any atom is 0.164 e. The molecule has 0 spiro atoms. The van der Waals surface area contributed by atoms with Crippen molar-refractivity contribution in [3.05, 3.63) is 121 Å². The second-order valence-electron chi connectivity index (χ2n) is 12.8. The smallest absolute Gasteiger partial charge is 0.164 e. The van der Waals surface area contributed by atoms with Crippen molar-refractivity contribution in [3.63, 3.8) is 0 Å². The molecule has 0 aliphatic heterocycles. The van der Waals surface area contributed by atoms with E-state index in [1.807, 2.05) is 42.5 Å². The van der Waals surface area contributed by atoms with Crippen molar-refractivity contribution in [2.45, 2.75) is 26.2 Å². The summed E-state index contributed by atoms with van der Waals surface area (Å²) in [4.78, 5) is 19.5. The second-order valence-corrected chi connectivity index (χ2v) is 12.8. The molecule has 0 atom stereocenters. The van der Waals surface area contributed by atoms with Crippen LogP contribution in [-0.2, 0) is 5.41 Å². The molecule has 6 heteroatoms. The summed E-state index contributed by atoms with van der Waals surface area (Å²) in [5.41, 5.74) is 7.29. The number of pyridine rings is 1. The Kier molecular flexibility index (Phi) is 5.66. The predicted octanol–water partition coefficient (Wildman–Crippen LogP) is 10.5. The van der Waals surface area contributed by atoms with Crippen LogP contribution in [0.15, 0.2) is 124 Å². The van der Waals surface area contributed by atoms with Crippen molar-refractivity contribution in [2.24, 2.45) is 0 Å². The Morgan fingerprint density at radius 3 is 2.07 bits per heavy atom. The number of hydrogen-bond acceptors (Lipinski definition) is 6. The highest BCUT2D eigenvalue weighted by Gasteiger charge is 2.19. The van der Waals surface area contributed by atoms with Gasteiger partial charge in [-0.15, -0.1) is 0 Å². The van der Waals surface area contributed by atoms with Crippen LogP contribution >= 0.6 is 0 Å². The van der Waals surface area contributed by atoms with Crippen LogP contribution in [-0.4, -0.2) is 19.9 Å². The topological polar surface area (TPSA) is 77.8 Å². The number of para-hydroxylation sites is 1. The van der Waals surface area contributed by atoms with Crippen molar-refractivity contribution in [2.75, 3.05) is 0 Å². The van der Waals surface area contributed by atoms with E-state index in [-0.39, 0.29) is 5.41 Å². The maximum absolute atomic E-state index is 6.21. The molecule has 0 saturated heterocycles. The van der Waals surface area contributed by atoms with Gasteiger partial charge in [-0.1, -0.05) is 93.6 Å². The Labute approximate surface area is 264 Å². The lowest BCUT2D eigenvalue weighted by Crippen LogP contribution is -2.10. The quantitative estimate of drug-likeness (QED) is 0.202. The molecule has 0 amide bonds. The molecule has 0 saturated carbocycles. The number of aromatic nitrogens is 4. The summed E-state index contributed by atoms with van der Waals surface area (Å²) in [5, 5.41) is 6.33. The van der Waals surface area contributed by atoms with E-state index in [0.29, 0.717) is 17.5 Å². The van der Waals surface area contributed by atoms with Crippen LogP contribution in [0.4, 0.5) is 0 Å². The maximum atomic E-state index is 6.21. The van der Waals surface area contributed by atoms with Crippen LogP contribution in [0.3, 0.4) is 0 Å². The fraction of sp³-hybridized carbons (Fsp3) is 0.100. The van der Waals surface area contributed by atoms with Crippen LogP contribution in [0, 0.1) is 0 Å². The van der Waals surface area contributed by atoms with Gasteiger partial charge in [0.05, 0.1) is 6.20 Å². The predicted molar refractivity (Wildman–Crippen MR) is 185 cm³/mol. The lowest BCUT2D eigenvalue weighted by molar-refractivity contribution is 0.590. The third kappa shape index (κ3) is 4.18. The van der Waals surface area contributed by atoms with Gasteiger partial charge >= 0.3 is 0 Å². The summed E-state index contributed by atoms with van der Waals surface area (Å²) in [6.07, 6.45) is 3.57. The van der Waals surface area contributed by atoms with Gasteiger partial charge in [0, 0.05) is 44.4 Å². The van der Waals surface area contributed by atoms with Gasteiger partial charge in [-0.2, -0.15) is 0 Å². The normalized spacial score (nSPS) is 12.2. The number of rotatable bonds is 3. The Bertz CT molecular complexity index is 2620. The summed E-state index contributed by atoms with van der Waals surface area (Å²) in [7, 11) is 0. The van der Waals surface area contributed by atoms with E-state index in [9.17, 15) is 0 Å². The lowest BCUT2D eigenvalue weighted by atomic mass is 9.87. The van der Waals surface area contributed by atoms with E-state index in [0.717, 1.165) is 71.3 Å². The zero-order valence-electron chi connectivity index (χ0n) is 25.6. The highest BCUT2D eigenvalue weighted by Crippen LogP contribution is 2.38. The van der Waals surface area contributed by atoms with Crippen LogP contribution < -0.4 is 0 Å². The summed E-state index contributed by atoms with van der Waals surface area (Å²) < 4.78 is 12.3. The van der Waals surface area contributed by atoms with Gasteiger partial charge in [0.1, 0.15) is 16.7 Å². The van der Waals surface area contributed by atoms with Crippen molar-refractivity contribution < 1.29 is 8.83 Å². The van der Waals surface area contributed by atoms with Crippen molar-refractivity contribution in [1.29, 1.82) is 0 Å². The summed E-state index contributed by atoms with van der Waals surface area (Å²) in [6, 6.07) is 35.1. The molecule has 220 valence electrons. The van der Waals surface area contributed by atoms with Gasteiger partial charge in [0.25, 0.3) is 0 Å². The summed E-state index contributed by atoms with van der Waals surface area (Å²) >= 11 is 0. The molecule has 5 aromatic carbocycles. The first-order chi connectivity index (χ1) is 22.4. The minimum atomic E-state index is 0.0409. The highest BCUT2D eigenvalue weighted by atomic mass is 16.3. The molecule has 4 heterocycles. The zero-order valence-corrected chi connectivity index (χ0v) is 25.6. The molecule has 9 rings (SSSR count). The Morgan fingerprint density at radius 1 is 0.522 bits per heavy atom. The highest BCUT2D eigenvalue weighted by molar-refractivity contribution is 6.19. The number of benzene rings is 5. The first-order valence-corrected chi connectivity index (χ1v) is 15.4. The fourth-order valence-corrected chi connectivity index (χ4v) is 6.43. The Balaban J connectivity index is 1.27. The molecule has 0 N–H and O–H groups in total. The first-order valence-electron chi connectivity index (χ1n) is 15.4. The standard InChI is InChI=1S/C40H28N4O2/c1-40(2,3)26-15-11-23(12-16-26)37-42-38(44-39(43-37)30-8-6-10-32-36(30)28-7-4-5-9-31(28)45-32)25-13-17-27-24(21-25)14-18-33-35(27)29-19-20-41-22-34(29)46-33/h4-22H,1-3H3. The molecule has 0 fully saturated rings. The number of furan rings is 2. The molecule has 0 unspecified atom stereocenters. The summed E-state index contributed by atoms with van der Waals surface area (Å²) in [6.45, 7) is 6.65. The lowest BCUT2D eigenvalue weighted by Gasteiger charge is -2.19. The zero-order chi connectivity index (χ0) is 31.0. The number of nitrogens with zero attached hydrogens (tertiary/aromatic N) is 4. The monoisotopic (exact) mass is 596 g/mol.